The van der Waals surface area contributed by atoms with Gasteiger partial charge in [-0.25, -0.2) is 9.37 Å². The number of rotatable bonds is 7. The van der Waals surface area contributed by atoms with Crippen LogP contribution in [-0.4, -0.2) is 43.5 Å². The first-order valence-corrected chi connectivity index (χ1v) is 14.7. The van der Waals surface area contributed by atoms with Crippen molar-refractivity contribution in [3.63, 3.8) is 0 Å². The van der Waals surface area contributed by atoms with Gasteiger partial charge in [-0.05, 0) is 60.9 Å². The molecule has 0 saturated carbocycles. The van der Waals surface area contributed by atoms with Gasteiger partial charge in [-0.3, -0.25) is 14.5 Å². The molecule has 6 rings (SSSR count). The summed E-state index contributed by atoms with van der Waals surface area (Å²) in [7, 11) is 1.52. The maximum absolute atomic E-state index is 13.6. The third-order valence-corrected chi connectivity index (χ3v) is 9.17. The number of carbonyl (C=O) groups excluding carboxylic acids is 2. The normalized spacial score (nSPS) is 16.5. The summed E-state index contributed by atoms with van der Waals surface area (Å²) in [5.41, 5.74) is 3.70. The van der Waals surface area contributed by atoms with Crippen LogP contribution < -0.4 is 9.64 Å². The second kappa shape index (κ2) is 11.0. The molecule has 5 aromatic rings. The third kappa shape index (κ3) is 4.82. The topological polar surface area (TPSA) is 110 Å². The number of carbonyl (C=O) groups is 2. The van der Waals surface area contributed by atoms with Gasteiger partial charge >= 0.3 is 5.91 Å². The average Bonchev–Trinajstić information content (AvgIpc) is 3.68. The van der Waals surface area contributed by atoms with Crippen molar-refractivity contribution >= 4 is 51.3 Å². The van der Waals surface area contributed by atoms with Gasteiger partial charge in [0.1, 0.15) is 22.9 Å². The Morgan fingerprint density at radius 1 is 1.10 bits per heavy atom. The second-order valence-corrected chi connectivity index (χ2v) is 11.8. The van der Waals surface area contributed by atoms with Crippen LogP contribution >= 0.6 is 23.1 Å². The van der Waals surface area contributed by atoms with Crippen LogP contribution in [0.5, 0.6) is 5.75 Å². The van der Waals surface area contributed by atoms with E-state index in [-0.39, 0.29) is 28.0 Å². The molecule has 1 amide bonds. The van der Waals surface area contributed by atoms with Crippen LogP contribution in [0, 0.1) is 19.7 Å². The molecule has 0 spiro atoms. The number of amides is 1. The Morgan fingerprint density at radius 2 is 1.88 bits per heavy atom. The van der Waals surface area contributed by atoms with Crippen molar-refractivity contribution in [3.8, 4) is 5.75 Å². The summed E-state index contributed by atoms with van der Waals surface area (Å²) in [6.07, 6.45) is 1.83. The predicted octanol–water partition coefficient (Wildman–Crippen LogP) is 5.87. The van der Waals surface area contributed by atoms with Crippen molar-refractivity contribution in [3.05, 3.63) is 106 Å². The van der Waals surface area contributed by atoms with Gasteiger partial charge in [0.2, 0.25) is 5.13 Å². The van der Waals surface area contributed by atoms with Crippen LogP contribution in [0.2, 0.25) is 0 Å². The number of hydrogen-bond donors (Lipinski definition) is 1. The Kier molecular flexibility index (Phi) is 7.25. The number of Topliss-reactive ketones (excluding diaryl/α,β-unsaturated/α-hetero) is 1. The van der Waals surface area contributed by atoms with E-state index in [2.05, 4.69) is 15.2 Å². The van der Waals surface area contributed by atoms with Gasteiger partial charge in [-0.15, -0.1) is 10.2 Å². The number of nitrogens with zero attached hydrogens (tertiary/aromatic N) is 5. The number of imidazole rings is 1. The van der Waals surface area contributed by atoms with E-state index in [1.807, 2.05) is 29.7 Å². The van der Waals surface area contributed by atoms with Crippen molar-refractivity contribution in [2.75, 3.05) is 12.0 Å². The first kappa shape index (κ1) is 27.6. The Labute approximate surface area is 248 Å². The lowest BCUT2D eigenvalue weighted by Crippen LogP contribution is -2.29. The van der Waals surface area contributed by atoms with Gasteiger partial charge in [-0.2, -0.15) is 0 Å². The number of ether oxygens (including phenoxy) is 1. The van der Waals surface area contributed by atoms with Crippen molar-refractivity contribution in [2.24, 2.45) is 0 Å². The summed E-state index contributed by atoms with van der Waals surface area (Å²) in [4.78, 5) is 33.1. The molecule has 0 bridgehead atoms. The number of pyridine rings is 1. The van der Waals surface area contributed by atoms with E-state index in [0.717, 1.165) is 22.5 Å². The number of aromatic nitrogens is 4. The molecule has 0 aliphatic carbocycles. The lowest BCUT2D eigenvalue weighted by Gasteiger charge is -2.22. The molecule has 9 nitrogen and oxygen atoms in total. The number of aliphatic hydroxyl groups is 1. The molecule has 1 aliphatic heterocycles. The molecule has 4 heterocycles. The molecule has 1 atom stereocenters. The fourth-order valence-corrected chi connectivity index (χ4v) is 6.74. The van der Waals surface area contributed by atoms with E-state index in [9.17, 15) is 19.1 Å². The maximum Gasteiger partial charge on any atom is 0.301 e. The Hall–Kier alpha value is -4.55. The number of thioether (sulfide) groups is 1. The highest BCUT2D eigenvalue weighted by molar-refractivity contribution is 8.00. The molecular formula is C30H24FN5O4S2. The van der Waals surface area contributed by atoms with Crippen LogP contribution in [0.15, 0.2) is 76.8 Å². The zero-order valence-electron chi connectivity index (χ0n) is 22.7. The van der Waals surface area contributed by atoms with E-state index in [0.29, 0.717) is 32.7 Å². The SMILES string of the molecule is COc1cccc(C2/C(=C(\O)c3nc4c(C)cccn4c3C)C(=O)C(=O)N2c2nnc(SCc3ccc(F)cc3)s2)c1. The quantitative estimate of drug-likeness (QED) is 0.0811. The van der Waals surface area contributed by atoms with Crippen molar-refractivity contribution in [2.45, 2.75) is 30.0 Å². The first-order valence-electron chi connectivity index (χ1n) is 12.9. The fourth-order valence-electron chi connectivity index (χ4n) is 4.91. The minimum Gasteiger partial charge on any atom is -0.505 e. The number of aliphatic hydroxyl groups excluding tert-OH is 1. The minimum atomic E-state index is -1.01. The Morgan fingerprint density at radius 3 is 2.62 bits per heavy atom. The van der Waals surface area contributed by atoms with Gasteiger partial charge in [0, 0.05) is 11.9 Å². The number of methoxy groups -OCH3 is 1. The summed E-state index contributed by atoms with van der Waals surface area (Å²) in [5.74, 6) is -1.36. The highest BCUT2D eigenvalue weighted by Gasteiger charge is 2.49. The van der Waals surface area contributed by atoms with Gasteiger partial charge in [0.15, 0.2) is 10.1 Å². The molecule has 1 unspecified atom stereocenters. The zero-order valence-corrected chi connectivity index (χ0v) is 24.4. The minimum absolute atomic E-state index is 0.104. The first-order chi connectivity index (χ1) is 20.3. The molecule has 1 fully saturated rings. The Bertz CT molecular complexity index is 1880. The average molecular weight is 602 g/mol. The number of aryl methyl sites for hydroxylation is 2. The molecule has 42 heavy (non-hydrogen) atoms. The molecule has 0 radical (unpaired) electrons. The number of fused-ring (bicyclic) bond motifs is 1. The van der Waals surface area contributed by atoms with Crippen LogP contribution in [0.1, 0.15) is 34.1 Å². The zero-order chi connectivity index (χ0) is 29.5. The number of halogens is 1. The summed E-state index contributed by atoms with van der Waals surface area (Å²) in [6.45, 7) is 3.70. The van der Waals surface area contributed by atoms with Crippen molar-refractivity contribution < 1.29 is 23.8 Å². The van der Waals surface area contributed by atoms with E-state index in [1.54, 1.807) is 43.3 Å². The van der Waals surface area contributed by atoms with Crippen molar-refractivity contribution in [1.82, 2.24) is 19.6 Å². The monoisotopic (exact) mass is 601 g/mol. The molecule has 1 saturated heterocycles. The van der Waals surface area contributed by atoms with Crippen LogP contribution in [0.3, 0.4) is 0 Å². The number of hydrogen-bond acceptors (Lipinski definition) is 9. The molecule has 1 aliphatic rings. The van der Waals surface area contributed by atoms with E-state index in [4.69, 9.17) is 4.74 Å². The van der Waals surface area contributed by atoms with Gasteiger partial charge in [-0.1, -0.05) is 53.4 Å². The lowest BCUT2D eigenvalue weighted by molar-refractivity contribution is -0.132. The van der Waals surface area contributed by atoms with Crippen LogP contribution in [0.4, 0.5) is 9.52 Å². The van der Waals surface area contributed by atoms with Crippen LogP contribution in [0.25, 0.3) is 11.4 Å². The number of benzene rings is 2. The summed E-state index contributed by atoms with van der Waals surface area (Å²) in [6, 6.07) is 15.9. The molecule has 212 valence electrons. The van der Waals surface area contributed by atoms with Gasteiger partial charge in [0.05, 0.1) is 24.4 Å². The third-order valence-electron chi connectivity index (χ3n) is 7.04. The summed E-state index contributed by atoms with van der Waals surface area (Å²) < 4.78 is 21.1. The maximum atomic E-state index is 13.6. The standard InChI is InChI=1S/C30H24FN5O4S2/c1-16-6-5-13-35-17(2)23(32-27(16)35)25(37)22-24(19-7-4-8-21(14-19)40-3)36(28(39)26(22)38)29-33-34-30(42-29)41-15-18-9-11-20(31)12-10-18/h4-14,24,37H,15H2,1-3H3/b25-22+. The molecule has 12 heteroatoms. The summed E-state index contributed by atoms with van der Waals surface area (Å²) in [5, 5.41) is 20.3. The predicted molar refractivity (Wildman–Crippen MR) is 158 cm³/mol. The van der Waals surface area contributed by atoms with Gasteiger partial charge in [0.25, 0.3) is 5.78 Å². The van der Waals surface area contributed by atoms with E-state index >= 15 is 0 Å². The molecule has 1 N–H and O–H groups in total. The molecular weight excluding hydrogens is 577 g/mol. The number of ketones is 1. The fraction of sp³-hybridized carbons (Fsp3) is 0.167. The smallest absolute Gasteiger partial charge is 0.301 e. The van der Waals surface area contributed by atoms with Crippen LogP contribution in [-0.2, 0) is 15.3 Å². The molecule has 2 aromatic carbocycles. The summed E-state index contributed by atoms with van der Waals surface area (Å²) >= 11 is 2.53. The van der Waals surface area contributed by atoms with Crippen molar-refractivity contribution in [1.29, 1.82) is 0 Å². The molecule has 3 aromatic heterocycles. The van der Waals surface area contributed by atoms with Gasteiger partial charge < -0.3 is 14.2 Å². The highest BCUT2D eigenvalue weighted by atomic mass is 32.2. The number of anilines is 1. The lowest BCUT2D eigenvalue weighted by atomic mass is 9.96. The highest BCUT2D eigenvalue weighted by Crippen LogP contribution is 2.44. The Balaban J connectivity index is 1.44. The second-order valence-electron chi connectivity index (χ2n) is 9.64. The van der Waals surface area contributed by atoms with E-state index < -0.39 is 17.7 Å². The largest absolute Gasteiger partial charge is 0.505 e. The van der Waals surface area contributed by atoms with E-state index in [1.165, 1.54) is 35.9 Å².